The molecule has 3 aromatic rings. The maximum atomic E-state index is 14.2. The number of hydrogen-bond acceptors (Lipinski definition) is 4. The van der Waals surface area contributed by atoms with E-state index in [-0.39, 0.29) is 17.3 Å². The van der Waals surface area contributed by atoms with E-state index in [4.69, 9.17) is 23.2 Å². The zero-order valence-corrected chi connectivity index (χ0v) is 26.4. The van der Waals surface area contributed by atoms with Gasteiger partial charge in [0.25, 0.3) is 10.0 Å². The third-order valence-electron chi connectivity index (χ3n) is 7.02. The monoisotopic (exact) mass is 617 g/mol. The number of carbonyl (C=O) groups is 2. The van der Waals surface area contributed by atoms with Crippen LogP contribution in [0.3, 0.4) is 0 Å². The molecule has 0 aliphatic heterocycles. The average molecular weight is 619 g/mol. The Bertz CT molecular complexity index is 1490. The fourth-order valence-corrected chi connectivity index (χ4v) is 6.42. The van der Waals surface area contributed by atoms with E-state index in [1.165, 1.54) is 17.0 Å². The quantitative estimate of drug-likeness (QED) is 0.253. The van der Waals surface area contributed by atoms with Crippen LogP contribution in [0.5, 0.6) is 0 Å². The van der Waals surface area contributed by atoms with Gasteiger partial charge in [0.2, 0.25) is 11.8 Å². The molecule has 1 atom stereocenters. The minimum Gasteiger partial charge on any atom is -0.354 e. The fraction of sp³-hybridized carbons (Fsp3) is 0.355. The number of benzene rings is 3. The van der Waals surface area contributed by atoms with Gasteiger partial charge < -0.3 is 10.2 Å². The predicted molar refractivity (Wildman–Crippen MR) is 166 cm³/mol. The van der Waals surface area contributed by atoms with E-state index in [0.29, 0.717) is 34.3 Å². The molecular formula is C31H37Cl2N3O4S. The highest BCUT2D eigenvalue weighted by molar-refractivity contribution is 7.92. The Kier molecular flexibility index (Phi) is 11.2. The van der Waals surface area contributed by atoms with Crippen molar-refractivity contribution in [2.75, 3.05) is 17.4 Å². The van der Waals surface area contributed by atoms with Crippen molar-refractivity contribution in [3.05, 3.63) is 93.0 Å². The number of anilines is 1. The smallest absolute Gasteiger partial charge is 0.264 e. The lowest BCUT2D eigenvalue weighted by atomic mass is 10.1. The highest BCUT2D eigenvalue weighted by atomic mass is 35.5. The normalized spacial score (nSPS) is 12.1. The maximum Gasteiger partial charge on any atom is 0.264 e. The van der Waals surface area contributed by atoms with Crippen molar-refractivity contribution in [2.24, 2.45) is 0 Å². The number of carbonyl (C=O) groups excluding carboxylic acids is 2. The molecule has 0 radical (unpaired) electrons. The van der Waals surface area contributed by atoms with E-state index in [1.54, 1.807) is 42.5 Å². The van der Waals surface area contributed by atoms with Crippen molar-refractivity contribution < 1.29 is 18.0 Å². The summed E-state index contributed by atoms with van der Waals surface area (Å²) in [6, 6.07) is 15.9. The van der Waals surface area contributed by atoms with Gasteiger partial charge in [-0.15, -0.1) is 0 Å². The van der Waals surface area contributed by atoms with Crippen LogP contribution in [0.15, 0.2) is 65.6 Å². The standard InChI is InChI=1S/C31H37Cl2N3O4S/c1-6-17-34-31(38)28(7-2)35(19-24-13-14-25(32)18-27(24)33)30(37)20-36(29-10-8-9-22(4)23(29)5)41(39,40)26-15-11-21(3)12-16-26/h8-16,18,28H,6-7,17,19-20H2,1-5H3,(H,34,38). The third-order valence-corrected chi connectivity index (χ3v) is 9.38. The van der Waals surface area contributed by atoms with Crippen LogP contribution in [-0.2, 0) is 26.2 Å². The topological polar surface area (TPSA) is 86.8 Å². The van der Waals surface area contributed by atoms with Crippen LogP contribution in [0.2, 0.25) is 10.0 Å². The maximum absolute atomic E-state index is 14.2. The number of nitrogens with zero attached hydrogens (tertiary/aromatic N) is 2. The second-order valence-corrected chi connectivity index (χ2v) is 12.7. The highest BCUT2D eigenvalue weighted by Gasteiger charge is 2.34. The highest BCUT2D eigenvalue weighted by Crippen LogP contribution is 2.30. The third kappa shape index (κ3) is 7.82. The Labute approximate surface area is 253 Å². The SMILES string of the molecule is CCCNC(=O)C(CC)N(Cc1ccc(Cl)cc1Cl)C(=O)CN(c1cccc(C)c1C)S(=O)(=O)c1ccc(C)cc1. The van der Waals surface area contributed by atoms with Crippen molar-refractivity contribution in [3.8, 4) is 0 Å². The number of aryl methyl sites for hydroxylation is 2. The van der Waals surface area contributed by atoms with Crippen LogP contribution < -0.4 is 9.62 Å². The minimum atomic E-state index is -4.15. The van der Waals surface area contributed by atoms with Gasteiger partial charge in [-0.1, -0.05) is 72.9 Å². The molecule has 0 fully saturated rings. The van der Waals surface area contributed by atoms with Gasteiger partial charge in [-0.2, -0.15) is 0 Å². The van der Waals surface area contributed by atoms with Crippen molar-refractivity contribution >= 4 is 50.7 Å². The Balaban J connectivity index is 2.12. The number of amides is 2. The summed E-state index contributed by atoms with van der Waals surface area (Å²) in [5.74, 6) is -0.849. The number of nitrogens with one attached hydrogen (secondary N) is 1. The minimum absolute atomic E-state index is 0.00188. The Morgan fingerprint density at radius 3 is 2.24 bits per heavy atom. The van der Waals surface area contributed by atoms with Crippen molar-refractivity contribution in [2.45, 2.75) is 64.9 Å². The molecule has 0 aliphatic rings. The summed E-state index contributed by atoms with van der Waals surface area (Å²) >= 11 is 12.6. The molecule has 2 amide bonds. The number of rotatable bonds is 12. The molecule has 0 saturated heterocycles. The molecule has 0 heterocycles. The molecule has 41 heavy (non-hydrogen) atoms. The number of halogens is 2. The molecule has 0 saturated carbocycles. The Morgan fingerprint density at radius 2 is 1.63 bits per heavy atom. The van der Waals surface area contributed by atoms with E-state index in [1.807, 2.05) is 40.7 Å². The lowest BCUT2D eigenvalue weighted by Crippen LogP contribution is -2.52. The van der Waals surface area contributed by atoms with Crippen LogP contribution in [0.25, 0.3) is 0 Å². The van der Waals surface area contributed by atoms with E-state index < -0.39 is 28.5 Å². The van der Waals surface area contributed by atoms with Gasteiger partial charge in [-0.25, -0.2) is 8.42 Å². The molecule has 220 valence electrons. The van der Waals surface area contributed by atoms with Gasteiger partial charge in [-0.3, -0.25) is 13.9 Å². The molecule has 0 aliphatic carbocycles. The van der Waals surface area contributed by atoms with Crippen molar-refractivity contribution in [3.63, 3.8) is 0 Å². The summed E-state index contributed by atoms with van der Waals surface area (Å²) in [4.78, 5) is 28.9. The van der Waals surface area contributed by atoms with Gasteiger partial charge in [0.1, 0.15) is 12.6 Å². The number of sulfonamides is 1. The summed E-state index contributed by atoms with van der Waals surface area (Å²) in [7, 11) is -4.15. The van der Waals surface area contributed by atoms with E-state index in [0.717, 1.165) is 27.4 Å². The second-order valence-electron chi connectivity index (χ2n) is 10.0. The lowest BCUT2D eigenvalue weighted by molar-refractivity contribution is -0.140. The van der Waals surface area contributed by atoms with E-state index >= 15 is 0 Å². The largest absolute Gasteiger partial charge is 0.354 e. The summed E-state index contributed by atoms with van der Waals surface area (Å²) in [5, 5.41) is 3.66. The van der Waals surface area contributed by atoms with Crippen LogP contribution in [0.4, 0.5) is 5.69 Å². The average Bonchev–Trinajstić information content (AvgIpc) is 2.93. The van der Waals surface area contributed by atoms with Gasteiger partial charge >= 0.3 is 0 Å². The molecule has 0 bridgehead atoms. The van der Waals surface area contributed by atoms with Crippen LogP contribution in [0, 0.1) is 20.8 Å². The molecule has 0 aromatic heterocycles. The lowest BCUT2D eigenvalue weighted by Gasteiger charge is -2.34. The first-order valence-electron chi connectivity index (χ1n) is 13.6. The molecule has 0 spiro atoms. The van der Waals surface area contributed by atoms with Crippen LogP contribution in [0.1, 0.15) is 48.9 Å². The summed E-state index contributed by atoms with van der Waals surface area (Å²) < 4.78 is 29.3. The molecule has 1 N–H and O–H groups in total. The van der Waals surface area contributed by atoms with Crippen LogP contribution in [-0.4, -0.2) is 44.3 Å². The summed E-state index contributed by atoms with van der Waals surface area (Å²) in [5.41, 5.74) is 3.51. The second kappa shape index (κ2) is 14.2. The molecule has 1 unspecified atom stereocenters. The van der Waals surface area contributed by atoms with Gasteiger partial charge in [-0.05, 0) is 80.6 Å². The van der Waals surface area contributed by atoms with Crippen LogP contribution >= 0.6 is 23.2 Å². The molecule has 3 aromatic carbocycles. The predicted octanol–water partition coefficient (Wildman–Crippen LogP) is 6.45. The van der Waals surface area contributed by atoms with E-state index in [9.17, 15) is 18.0 Å². The molecule has 7 nitrogen and oxygen atoms in total. The zero-order valence-electron chi connectivity index (χ0n) is 24.1. The zero-order chi connectivity index (χ0) is 30.3. The van der Waals surface area contributed by atoms with Crippen molar-refractivity contribution in [1.82, 2.24) is 10.2 Å². The van der Waals surface area contributed by atoms with Gasteiger partial charge in [0.05, 0.1) is 10.6 Å². The van der Waals surface area contributed by atoms with Gasteiger partial charge in [0, 0.05) is 23.1 Å². The van der Waals surface area contributed by atoms with Crippen molar-refractivity contribution in [1.29, 1.82) is 0 Å². The molecular weight excluding hydrogens is 581 g/mol. The van der Waals surface area contributed by atoms with Gasteiger partial charge in [0.15, 0.2) is 0 Å². The number of hydrogen-bond donors (Lipinski definition) is 1. The first kappa shape index (κ1) is 32.4. The van der Waals surface area contributed by atoms with E-state index in [2.05, 4.69) is 5.32 Å². The molecule has 3 rings (SSSR count). The summed E-state index contributed by atoms with van der Waals surface area (Å²) in [6.07, 6.45) is 1.05. The summed E-state index contributed by atoms with van der Waals surface area (Å²) in [6.45, 7) is 9.27. The Morgan fingerprint density at radius 1 is 0.951 bits per heavy atom. The first-order chi connectivity index (χ1) is 19.4. The fourth-order valence-electron chi connectivity index (χ4n) is 4.48. The first-order valence-corrected chi connectivity index (χ1v) is 15.8. The Hall–Kier alpha value is -3.07. The molecule has 10 heteroatoms.